The van der Waals surface area contributed by atoms with Gasteiger partial charge in [-0.3, -0.25) is 10.1 Å². The topological polar surface area (TPSA) is 118 Å². The van der Waals surface area contributed by atoms with Crippen molar-refractivity contribution in [3.8, 4) is 17.1 Å². The maximum Gasteiger partial charge on any atom is 0.338 e. The lowest BCUT2D eigenvalue weighted by Gasteiger charge is -2.01. The minimum absolute atomic E-state index is 0.110. The standard InChI is InChI=1S/C17H13N3O6/c1-24-14-4-2-3-12(9-14)16-18-15(26-19-16)10-25-17(21)11-5-7-13(8-6-11)20(22)23/h2-9H,10H2,1H3. The van der Waals surface area contributed by atoms with E-state index in [2.05, 4.69) is 10.1 Å². The molecule has 0 saturated heterocycles. The van der Waals surface area contributed by atoms with Gasteiger partial charge in [0, 0.05) is 17.7 Å². The lowest BCUT2D eigenvalue weighted by molar-refractivity contribution is -0.384. The monoisotopic (exact) mass is 355 g/mol. The van der Waals surface area contributed by atoms with Gasteiger partial charge in [0.25, 0.3) is 11.6 Å². The number of non-ortho nitro benzene ring substituents is 1. The molecule has 0 amide bonds. The van der Waals surface area contributed by atoms with E-state index in [0.29, 0.717) is 17.1 Å². The average molecular weight is 355 g/mol. The van der Waals surface area contributed by atoms with Gasteiger partial charge in [-0.25, -0.2) is 4.79 Å². The molecular formula is C17H13N3O6. The molecule has 0 fully saturated rings. The number of methoxy groups -OCH3 is 1. The normalized spacial score (nSPS) is 10.3. The van der Waals surface area contributed by atoms with Gasteiger partial charge < -0.3 is 14.0 Å². The highest BCUT2D eigenvalue weighted by atomic mass is 16.6. The van der Waals surface area contributed by atoms with Crippen molar-refractivity contribution < 1.29 is 23.7 Å². The molecule has 2 aromatic carbocycles. The van der Waals surface area contributed by atoms with E-state index in [0.717, 1.165) is 0 Å². The quantitative estimate of drug-likeness (QED) is 0.376. The van der Waals surface area contributed by atoms with Gasteiger partial charge in [0.1, 0.15) is 5.75 Å². The Labute approximate surface area is 147 Å². The summed E-state index contributed by atoms with van der Waals surface area (Å²) in [5, 5.41) is 14.4. The summed E-state index contributed by atoms with van der Waals surface area (Å²) in [6.45, 7) is -0.215. The molecule has 0 unspecified atom stereocenters. The molecule has 0 saturated carbocycles. The number of rotatable bonds is 6. The number of nitro groups is 1. The van der Waals surface area contributed by atoms with Gasteiger partial charge in [-0.2, -0.15) is 4.98 Å². The highest BCUT2D eigenvalue weighted by molar-refractivity contribution is 5.89. The van der Waals surface area contributed by atoms with E-state index in [4.69, 9.17) is 14.0 Å². The van der Waals surface area contributed by atoms with Crippen LogP contribution >= 0.6 is 0 Å². The van der Waals surface area contributed by atoms with Crippen LogP contribution in [0.3, 0.4) is 0 Å². The van der Waals surface area contributed by atoms with Crippen LogP contribution in [0, 0.1) is 10.1 Å². The zero-order valence-electron chi connectivity index (χ0n) is 13.6. The molecule has 1 heterocycles. The second kappa shape index (κ2) is 7.43. The Morgan fingerprint density at radius 2 is 2.00 bits per heavy atom. The molecule has 0 aliphatic carbocycles. The zero-order valence-corrected chi connectivity index (χ0v) is 13.6. The lowest BCUT2D eigenvalue weighted by Crippen LogP contribution is -2.05. The zero-order chi connectivity index (χ0) is 18.5. The molecule has 3 rings (SSSR count). The van der Waals surface area contributed by atoms with E-state index in [-0.39, 0.29) is 23.7 Å². The van der Waals surface area contributed by atoms with Gasteiger partial charge in [-0.05, 0) is 24.3 Å². The maximum atomic E-state index is 12.0. The molecule has 132 valence electrons. The Balaban J connectivity index is 1.64. The molecule has 0 aliphatic rings. The van der Waals surface area contributed by atoms with E-state index in [1.807, 2.05) is 0 Å². The Bertz CT molecular complexity index is 936. The van der Waals surface area contributed by atoms with Crippen LogP contribution in [0.25, 0.3) is 11.4 Å². The van der Waals surface area contributed by atoms with Gasteiger partial charge in [0.15, 0.2) is 6.61 Å². The molecule has 0 aliphatic heterocycles. The fourth-order valence-corrected chi connectivity index (χ4v) is 2.12. The van der Waals surface area contributed by atoms with Crippen molar-refractivity contribution in [2.45, 2.75) is 6.61 Å². The molecule has 0 radical (unpaired) electrons. The minimum atomic E-state index is -0.652. The van der Waals surface area contributed by atoms with E-state index in [1.165, 1.54) is 24.3 Å². The number of nitro benzene ring substituents is 1. The molecular weight excluding hydrogens is 342 g/mol. The number of benzene rings is 2. The number of hydrogen-bond donors (Lipinski definition) is 0. The van der Waals surface area contributed by atoms with Crippen LogP contribution in [0.1, 0.15) is 16.2 Å². The summed E-state index contributed by atoms with van der Waals surface area (Å²) in [7, 11) is 1.55. The van der Waals surface area contributed by atoms with Gasteiger partial charge in [0.05, 0.1) is 17.6 Å². The molecule has 1 aromatic heterocycles. The van der Waals surface area contributed by atoms with Gasteiger partial charge >= 0.3 is 5.97 Å². The molecule has 3 aromatic rings. The number of aromatic nitrogens is 2. The Kier molecular flexibility index (Phi) is 4.88. The Hall–Kier alpha value is -3.75. The van der Waals surface area contributed by atoms with E-state index in [9.17, 15) is 14.9 Å². The number of ether oxygens (including phenoxy) is 2. The number of nitrogens with zero attached hydrogens (tertiary/aromatic N) is 3. The summed E-state index contributed by atoms with van der Waals surface area (Å²) in [5.74, 6) is 0.461. The first-order chi connectivity index (χ1) is 12.6. The van der Waals surface area contributed by atoms with Crippen molar-refractivity contribution in [1.29, 1.82) is 0 Å². The fraction of sp³-hybridized carbons (Fsp3) is 0.118. The van der Waals surface area contributed by atoms with Crippen molar-refractivity contribution in [3.63, 3.8) is 0 Å². The van der Waals surface area contributed by atoms with E-state index < -0.39 is 10.9 Å². The third-order valence-corrected chi connectivity index (χ3v) is 3.44. The van der Waals surface area contributed by atoms with Crippen LogP contribution in [-0.2, 0) is 11.3 Å². The van der Waals surface area contributed by atoms with E-state index in [1.54, 1.807) is 31.4 Å². The fourth-order valence-electron chi connectivity index (χ4n) is 2.12. The summed E-state index contributed by atoms with van der Waals surface area (Å²) in [6.07, 6.45) is 0. The van der Waals surface area contributed by atoms with Crippen LogP contribution in [0.2, 0.25) is 0 Å². The SMILES string of the molecule is COc1cccc(-c2noc(COC(=O)c3ccc([N+](=O)[O-])cc3)n2)c1. The summed E-state index contributed by atoms with van der Waals surface area (Å²) >= 11 is 0. The number of carbonyl (C=O) groups is 1. The highest BCUT2D eigenvalue weighted by Crippen LogP contribution is 2.21. The molecule has 0 bridgehead atoms. The Morgan fingerprint density at radius 1 is 1.23 bits per heavy atom. The number of esters is 1. The first-order valence-corrected chi connectivity index (χ1v) is 7.45. The second-order valence-electron chi connectivity index (χ2n) is 5.12. The van der Waals surface area contributed by atoms with Crippen LogP contribution < -0.4 is 4.74 Å². The summed E-state index contributed by atoms with van der Waals surface area (Å²) in [4.78, 5) is 26.2. The van der Waals surface area contributed by atoms with Gasteiger partial charge in [0.2, 0.25) is 5.82 Å². The van der Waals surface area contributed by atoms with Crippen molar-refractivity contribution in [3.05, 3.63) is 70.1 Å². The molecule has 26 heavy (non-hydrogen) atoms. The van der Waals surface area contributed by atoms with Crippen molar-refractivity contribution in [2.75, 3.05) is 7.11 Å². The molecule has 9 heteroatoms. The number of hydrogen-bond acceptors (Lipinski definition) is 8. The van der Waals surface area contributed by atoms with Gasteiger partial charge in [-0.15, -0.1) is 0 Å². The third kappa shape index (κ3) is 3.83. The van der Waals surface area contributed by atoms with E-state index >= 15 is 0 Å². The van der Waals surface area contributed by atoms with Crippen LogP contribution in [0.15, 0.2) is 53.1 Å². The molecule has 0 N–H and O–H groups in total. The summed E-state index contributed by atoms with van der Waals surface area (Å²) < 4.78 is 15.3. The van der Waals surface area contributed by atoms with Gasteiger partial charge in [-0.1, -0.05) is 17.3 Å². The lowest BCUT2D eigenvalue weighted by atomic mass is 10.2. The smallest absolute Gasteiger partial charge is 0.338 e. The summed E-state index contributed by atoms with van der Waals surface area (Å²) in [5.41, 5.74) is 0.769. The second-order valence-corrected chi connectivity index (χ2v) is 5.12. The average Bonchev–Trinajstić information content (AvgIpc) is 3.15. The molecule has 0 spiro atoms. The maximum absolute atomic E-state index is 12.0. The highest BCUT2D eigenvalue weighted by Gasteiger charge is 2.14. The Morgan fingerprint density at radius 3 is 2.69 bits per heavy atom. The van der Waals surface area contributed by atoms with Crippen molar-refractivity contribution >= 4 is 11.7 Å². The molecule has 9 nitrogen and oxygen atoms in total. The largest absolute Gasteiger partial charge is 0.497 e. The first-order valence-electron chi connectivity index (χ1n) is 7.45. The predicted molar refractivity (Wildman–Crippen MR) is 88.5 cm³/mol. The first kappa shape index (κ1) is 17.1. The third-order valence-electron chi connectivity index (χ3n) is 3.44. The van der Waals surface area contributed by atoms with Crippen molar-refractivity contribution in [1.82, 2.24) is 10.1 Å². The van der Waals surface area contributed by atoms with Crippen LogP contribution in [0.5, 0.6) is 5.75 Å². The van der Waals surface area contributed by atoms with Crippen LogP contribution in [0.4, 0.5) is 5.69 Å². The minimum Gasteiger partial charge on any atom is -0.497 e. The summed E-state index contributed by atoms with van der Waals surface area (Å²) in [6, 6.07) is 12.2. The van der Waals surface area contributed by atoms with Crippen LogP contribution in [-0.4, -0.2) is 28.1 Å². The predicted octanol–water partition coefficient (Wildman–Crippen LogP) is 3.01. The number of carbonyl (C=O) groups excluding carboxylic acids is 1. The molecule has 0 atom stereocenters. The van der Waals surface area contributed by atoms with Crippen molar-refractivity contribution in [2.24, 2.45) is 0 Å².